The molecule has 0 amide bonds. The van der Waals surface area contributed by atoms with E-state index in [0.717, 1.165) is 26.2 Å². The van der Waals surface area contributed by atoms with Gasteiger partial charge >= 0.3 is 0 Å². The van der Waals surface area contributed by atoms with E-state index in [1.165, 1.54) is 0 Å². The fraction of sp³-hybridized carbons (Fsp3) is 1.00. The van der Waals surface area contributed by atoms with Crippen molar-refractivity contribution in [1.82, 2.24) is 10.2 Å². The Morgan fingerprint density at radius 2 is 1.92 bits per heavy atom. The molecule has 0 aromatic carbocycles. The number of nitrogens with one attached hydrogen (secondary N) is 1. The van der Waals surface area contributed by atoms with Crippen molar-refractivity contribution in [3.05, 3.63) is 0 Å². The van der Waals surface area contributed by atoms with Gasteiger partial charge in [-0.3, -0.25) is 0 Å². The van der Waals surface area contributed by atoms with Crippen LogP contribution in [-0.4, -0.2) is 51.3 Å². The molecule has 0 heterocycles. The Morgan fingerprint density at radius 3 is 2.42 bits per heavy atom. The van der Waals surface area contributed by atoms with E-state index in [0.29, 0.717) is 6.10 Å². The van der Waals surface area contributed by atoms with Gasteiger partial charge in [0.05, 0.1) is 12.7 Å². The van der Waals surface area contributed by atoms with Crippen molar-refractivity contribution in [2.24, 2.45) is 0 Å². The molecule has 0 rings (SSSR count). The largest absolute Gasteiger partial charge is 0.377 e. The zero-order chi connectivity index (χ0) is 9.40. The van der Waals surface area contributed by atoms with Gasteiger partial charge in [-0.2, -0.15) is 0 Å². The van der Waals surface area contributed by atoms with Crippen molar-refractivity contribution >= 4 is 0 Å². The van der Waals surface area contributed by atoms with Crippen LogP contribution in [0.3, 0.4) is 0 Å². The van der Waals surface area contributed by atoms with E-state index in [1.807, 2.05) is 0 Å². The fourth-order valence-electron chi connectivity index (χ4n) is 0.794. The van der Waals surface area contributed by atoms with E-state index in [4.69, 9.17) is 4.74 Å². The Morgan fingerprint density at radius 1 is 1.25 bits per heavy atom. The standard InChI is InChI=1S/C9H22N2O/c1-9(2)12-8-6-10-5-7-11(3)4/h9-10H,5-8H2,1-4H3. The molecule has 0 spiro atoms. The number of ether oxygens (including phenoxy) is 1. The van der Waals surface area contributed by atoms with Crippen LogP contribution < -0.4 is 5.32 Å². The van der Waals surface area contributed by atoms with E-state index < -0.39 is 0 Å². The van der Waals surface area contributed by atoms with E-state index in [1.54, 1.807) is 0 Å². The van der Waals surface area contributed by atoms with Gasteiger partial charge in [0.15, 0.2) is 0 Å². The van der Waals surface area contributed by atoms with Gasteiger partial charge in [-0.1, -0.05) is 0 Å². The van der Waals surface area contributed by atoms with Crippen molar-refractivity contribution in [2.75, 3.05) is 40.3 Å². The van der Waals surface area contributed by atoms with Crippen LogP contribution in [0.5, 0.6) is 0 Å². The van der Waals surface area contributed by atoms with Crippen molar-refractivity contribution in [1.29, 1.82) is 0 Å². The molecule has 3 nitrogen and oxygen atoms in total. The molecule has 0 aliphatic carbocycles. The zero-order valence-corrected chi connectivity index (χ0v) is 8.76. The molecule has 74 valence electrons. The molecule has 0 bridgehead atoms. The third kappa shape index (κ3) is 9.88. The van der Waals surface area contributed by atoms with Crippen LogP contribution in [0.1, 0.15) is 13.8 Å². The average Bonchev–Trinajstić information content (AvgIpc) is 1.95. The smallest absolute Gasteiger partial charge is 0.0594 e. The van der Waals surface area contributed by atoms with E-state index in [9.17, 15) is 0 Å². The molecule has 0 aliphatic heterocycles. The molecule has 0 fully saturated rings. The van der Waals surface area contributed by atoms with Gasteiger partial charge in [0.1, 0.15) is 0 Å². The highest BCUT2D eigenvalue weighted by Gasteiger charge is 1.92. The molecular formula is C9H22N2O. The van der Waals surface area contributed by atoms with Gasteiger partial charge in [0.25, 0.3) is 0 Å². The molecular weight excluding hydrogens is 152 g/mol. The molecule has 0 radical (unpaired) electrons. The number of nitrogens with zero attached hydrogens (tertiary/aromatic N) is 1. The van der Waals surface area contributed by atoms with Crippen molar-refractivity contribution in [3.8, 4) is 0 Å². The summed E-state index contributed by atoms with van der Waals surface area (Å²) >= 11 is 0. The lowest BCUT2D eigenvalue weighted by molar-refractivity contribution is 0.0807. The second kappa shape index (κ2) is 7.53. The van der Waals surface area contributed by atoms with Crippen molar-refractivity contribution in [3.63, 3.8) is 0 Å². The second-order valence-electron chi connectivity index (χ2n) is 3.47. The molecule has 0 aromatic rings. The summed E-state index contributed by atoms with van der Waals surface area (Å²) in [6, 6.07) is 0. The van der Waals surface area contributed by atoms with Crippen LogP contribution in [-0.2, 0) is 4.74 Å². The minimum atomic E-state index is 0.348. The Balaban J connectivity index is 2.91. The predicted octanol–water partition coefficient (Wildman–Crippen LogP) is 0.563. The minimum Gasteiger partial charge on any atom is -0.377 e. The second-order valence-corrected chi connectivity index (χ2v) is 3.47. The summed E-state index contributed by atoms with van der Waals surface area (Å²) in [6.07, 6.45) is 0.348. The third-order valence-corrected chi connectivity index (χ3v) is 1.47. The third-order valence-electron chi connectivity index (χ3n) is 1.47. The maximum absolute atomic E-state index is 5.37. The fourth-order valence-corrected chi connectivity index (χ4v) is 0.794. The summed E-state index contributed by atoms with van der Waals surface area (Å²) in [5.74, 6) is 0. The summed E-state index contributed by atoms with van der Waals surface area (Å²) in [4.78, 5) is 2.16. The maximum Gasteiger partial charge on any atom is 0.0594 e. The number of hydrogen-bond donors (Lipinski definition) is 1. The monoisotopic (exact) mass is 174 g/mol. The topological polar surface area (TPSA) is 24.5 Å². The summed E-state index contributed by atoms with van der Waals surface area (Å²) in [6.45, 7) is 7.99. The molecule has 0 saturated heterocycles. The molecule has 0 unspecified atom stereocenters. The number of likely N-dealkylation sites (N-methyl/N-ethyl adjacent to an activating group) is 1. The lowest BCUT2D eigenvalue weighted by Crippen LogP contribution is -2.29. The Bertz CT molecular complexity index is 82.5. The summed E-state index contributed by atoms with van der Waals surface area (Å²) < 4.78 is 5.37. The number of hydrogen-bond acceptors (Lipinski definition) is 3. The molecule has 3 heteroatoms. The first-order valence-electron chi connectivity index (χ1n) is 4.60. The first-order valence-corrected chi connectivity index (χ1v) is 4.60. The predicted molar refractivity (Wildman–Crippen MR) is 52.5 cm³/mol. The molecule has 0 atom stereocenters. The van der Waals surface area contributed by atoms with E-state index in [-0.39, 0.29) is 0 Å². The first-order chi connectivity index (χ1) is 5.63. The van der Waals surface area contributed by atoms with Crippen molar-refractivity contribution < 1.29 is 4.74 Å². The van der Waals surface area contributed by atoms with Gasteiger partial charge < -0.3 is 15.0 Å². The Labute approximate surface area is 76.1 Å². The first kappa shape index (κ1) is 11.9. The highest BCUT2D eigenvalue weighted by molar-refractivity contribution is 4.50. The van der Waals surface area contributed by atoms with Crippen molar-refractivity contribution in [2.45, 2.75) is 20.0 Å². The normalized spacial score (nSPS) is 11.5. The van der Waals surface area contributed by atoms with Crippen LogP contribution in [0.15, 0.2) is 0 Å². The molecule has 12 heavy (non-hydrogen) atoms. The van der Waals surface area contributed by atoms with Crippen LogP contribution in [0.25, 0.3) is 0 Å². The van der Waals surface area contributed by atoms with Crippen LogP contribution in [0.2, 0.25) is 0 Å². The molecule has 0 aromatic heterocycles. The minimum absolute atomic E-state index is 0.348. The summed E-state index contributed by atoms with van der Waals surface area (Å²) in [5, 5.41) is 3.31. The van der Waals surface area contributed by atoms with Gasteiger partial charge in [0, 0.05) is 19.6 Å². The van der Waals surface area contributed by atoms with Crippen LogP contribution >= 0.6 is 0 Å². The highest BCUT2D eigenvalue weighted by Crippen LogP contribution is 1.84. The Hall–Kier alpha value is -0.120. The van der Waals surface area contributed by atoms with E-state index in [2.05, 4.69) is 38.2 Å². The van der Waals surface area contributed by atoms with Gasteiger partial charge in [-0.05, 0) is 27.9 Å². The quantitative estimate of drug-likeness (QED) is 0.571. The van der Waals surface area contributed by atoms with Crippen LogP contribution in [0, 0.1) is 0 Å². The lowest BCUT2D eigenvalue weighted by Gasteiger charge is -2.11. The van der Waals surface area contributed by atoms with Gasteiger partial charge in [-0.25, -0.2) is 0 Å². The number of rotatable bonds is 7. The van der Waals surface area contributed by atoms with Gasteiger partial charge in [0.2, 0.25) is 0 Å². The van der Waals surface area contributed by atoms with Crippen LogP contribution in [0.4, 0.5) is 0 Å². The molecule has 1 N–H and O–H groups in total. The Kier molecular flexibility index (Phi) is 7.45. The van der Waals surface area contributed by atoms with E-state index >= 15 is 0 Å². The average molecular weight is 174 g/mol. The molecule has 0 saturated carbocycles. The highest BCUT2D eigenvalue weighted by atomic mass is 16.5. The summed E-state index contributed by atoms with van der Waals surface area (Å²) in [5.41, 5.74) is 0. The maximum atomic E-state index is 5.37. The summed E-state index contributed by atoms with van der Waals surface area (Å²) in [7, 11) is 4.15. The SMILES string of the molecule is CC(C)OCCNCCN(C)C. The van der Waals surface area contributed by atoms with Gasteiger partial charge in [-0.15, -0.1) is 0 Å². The molecule has 0 aliphatic rings. The zero-order valence-electron chi connectivity index (χ0n) is 8.76. The lowest BCUT2D eigenvalue weighted by atomic mass is 10.5.